The molecule has 0 aliphatic heterocycles. The van der Waals surface area contributed by atoms with E-state index in [4.69, 9.17) is 0 Å². The molecule has 2 aromatic carbocycles. The molecule has 0 radical (unpaired) electrons. The molecule has 1 amide bonds. The van der Waals surface area contributed by atoms with Crippen LogP contribution in [-0.4, -0.2) is 15.9 Å². The van der Waals surface area contributed by atoms with E-state index in [0.717, 1.165) is 16.8 Å². The zero-order valence-electron chi connectivity index (χ0n) is 16.8. The molecule has 1 aromatic heterocycles. The number of nitrogens with one attached hydrogen (secondary N) is 2. The van der Waals surface area contributed by atoms with Crippen molar-refractivity contribution < 1.29 is 4.79 Å². The third-order valence-corrected chi connectivity index (χ3v) is 4.62. The maximum atomic E-state index is 12.3. The van der Waals surface area contributed by atoms with Crippen molar-refractivity contribution in [2.75, 3.05) is 5.32 Å². The summed E-state index contributed by atoms with van der Waals surface area (Å²) in [6.45, 7) is 9.05. The summed E-state index contributed by atoms with van der Waals surface area (Å²) in [7, 11) is 0. The maximum absolute atomic E-state index is 12.3. The molecule has 28 heavy (non-hydrogen) atoms. The fourth-order valence-corrected chi connectivity index (χ4v) is 2.78. The Hall–Kier alpha value is -3.21. The summed E-state index contributed by atoms with van der Waals surface area (Å²) in [4.78, 5) is 20.8. The van der Waals surface area contributed by atoms with E-state index in [1.807, 2.05) is 43.3 Å². The molecular formula is C23H26N4O. The fourth-order valence-electron chi connectivity index (χ4n) is 2.78. The lowest BCUT2D eigenvalue weighted by Gasteiger charge is -2.19. The van der Waals surface area contributed by atoms with Gasteiger partial charge in [-0.05, 0) is 41.2 Å². The Balaban J connectivity index is 1.60. The molecule has 0 fully saturated rings. The fraction of sp³-hybridized carbons (Fsp3) is 0.261. The normalized spacial score (nSPS) is 11.1. The topological polar surface area (TPSA) is 66.9 Å². The van der Waals surface area contributed by atoms with Crippen molar-refractivity contribution in [2.45, 2.75) is 39.7 Å². The Labute approximate surface area is 166 Å². The standard InChI is InChI=1S/C23H26N4O/c1-16-7-5-6-8-17(16)13-24-21(28)18-14-25-22(26-15-18)27-20-11-9-19(10-12-20)23(2,3)4/h5-12,14-15H,13H2,1-4H3,(H,24,28)(H,25,26,27). The van der Waals surface area contributed by atoms with Crippen molar-refractivity contribution in [2.24, 2.45) is 0 Å². The smallest absolute Gasteiger partial charge is 0.254 e. The first kappa shape index (κ1) is 19.5. The number of carbonyl (C=O) groups is 1. The number of aromatic nitrogens is 2. The molecule has 0 saturated carbocycles. The van der Waals surface area contributed by atoms with Gasteiger partial charge >= 0.3 is 0 Å². The summed E-state index contributed by atoms with van der Waals surface area (Å²) in [5, 5.41) is 6.07. The minimum Gasteiger partial charge on any atom is -0.348 e. The second-order valence-electron chi connectivity index (χ2n) is 7.86. The summed E-state index contributed by atoms with van der Waals surface area (Å²) in [6, 6.07) is 16.2. The molecule has 144 valence electrons. The first-order chi connectivity index (χ1) is 13.3. The molecule has 0 atom stereocenters. The zero-order chi connectivity index (χ0) is 20.1. The third-order valence-electron chi connectivity index (χ3n) is 4.62. The number of amides is 1. The van der Waals surface area contributed by atoms with E-state index in [1.165, 1.54) is 18.0 Å². The van der Waals surface area contributed by atoms with Crippen molar-refractivity contribution in [3.05, 3.63) is 83.2 Å². The monoisotopic (exact) mass is 374 g/mol. The van der Waals surface area contributed by atoms with E-state index in [1.54, 1.807) is 0 Å². The molecule has 0 bridgehead atoms. The Morgan fingerprint density at radius 2 is 1.61 bits per heavy atom. The van der Waals surface area contributed by atoms with Gasteiger partial charge in [-0.1, -0.05) is 57.2 Å². The van der Waals surface area contributed by atoms with E-state index < -0.39 is 0 Å². The number of rotatable bonds is 5. The average molecular weight is 374 g/mol. The highest BCUT2D eigenvalue weighted by atomic mass is 16.1. The van der Waals surface area contributed by atoms with Gasteiger partial charge in [-0.25, -0.2) is 9.97 Å². The summed E-state index contributed by atoms with van der Waals surface area (Å²) >= 11 is 0. The first-order valence-corrected chi connectivity index (χ1v) is 9.35. The van der Waals surface area contributed by atoms with Gasteiger partial charge in [-0.3, -0.25) is 4.79 Å². The quantitative estimate of drug-likeness (QED) is 0.676. The zero-order valence-corrected chi connectivity index (χ0v) is 16.8. The van der Waals surface area contributed by atoms with Gasteiger partial charge in [0.25, 0.3) is 5.91 Å². The van der Waals surface area contributed by atoms with Crippen molar-refractivity contribution in [1.82, 2.24) is 15.3 Å². The molecule has 0 spiro atoms. The predicted octanol–water partition coefficient (Wildman–Crippen LogP) is 4.76. The van der Waals surface area contributed by atoms with Gasteiger partial charge in [0.15, 0.2) is 0 Å². The molecule has 0 aliphatic rings. The van der Waals surface area contributed by atoms with Crippen LogP contribution in [0.25, 0.3) is 0 Å². The number of hydrogen-bond acceptors (Lipinski definition) is 4. The molecule has 1 heterocycles. The summed E-state index contributed by atoms with van der Waals surface area (Å²) in [5.74, 6) is 0.267. The highest BCUT2D eigenvalue weighted by Crippen LogP contribution is 2.24. The van der Waals surface area contributed by atoms with Gasteiger partial charge in [-0.15, -0.1) is 0 Å². The first-order valence-electron chi connectivity index (χ1n) is 9.35. The van der Waals surface area contributed by atoms with Gasteiger partial charge in [-0.2, -0.15) is 0 Å². The molecule has 0 aliphatic carbocycles. The summed E-state index contributed by atoms with van der Waals surface area (Å²) in [5.41, 5.74) is 4.96. The lowest BCUT2D eigenvalue weighted by atomic mass is 9.87. The Morgan fingerprint density at radius 1 is 0.964 bits per heavy atom. The van der Waals surface area contributed by atoms with E-state index in [2.05, 4.69) is 53.5 Å². The number of hydrogen-bond donors (Lipinski definition) is 2. The number of aryl methyl sites for hydroxylation is 1. The van der Waals surface area contributed by atoms with Crippen LogP contribution in [0.2, 0.25) is 0 Å². The summed E-state index contributed by atoms with van der Waals surface area (Å²) < 4.78 is 0. The molecule has 0 unspecified atom stereocenters. The van der Waals surface area contributed by atoms with Crippen molar-refractivity contribution in [3.8, 4) is 0 Å². The van der Waals surface area contributed by atoms with Crippen molar-refractivity contribution in [3.63, 3.8) is 0 Å². The Bertz CT molecular complexity index is 942. The number of carbonyl (C=O) groups excluding carboxylic acids is 1. The lowest BCUT2D eigenvalue weighted by molar-refractivity contribution is 0.0950. The molecule has 3 rings (SSSR count). The summed E-state index contributed by atoms with van der Waals surface area (Å²) in [6.07, 6.45) is 3.07. The Morgan fingerprint density at radius 3 is 2.21 bits per heavy atom. The van der Waals surface area contributed by atoms with Crippen LogP contribution in [-0.2, 0) is 12.0 Å². The van der Waals surface area contributed by atoms with Crippen LogP contribution >= 0.6 is 0 Å². The van der Waals surface area contributed by atoms with Gasteiger partial charge in [0.2, 0.25) is 5.95 Å². The van der Waals surface area contributed by atoms with Gasteiger partial charge in [0.1, 0.15) is 0 Å². The van der Waals surface area contributed by atoms with Crippen molar-refractivity contribution in [1.29, 1.82) is 0 Å². The van der Waals surface area contributed by atoms with Crippen molar-refractivity contribution >= 4 is 17.5 Å². The van der Waals surface area contributed by atoms with E-state index in [-0.39, 0.29) is 11.3 Å². The minimum atomic E-state index is -0.190. The van der Waals surface area contributed by atoms with Crippen LogP contribution in [0, 0.1) is 6.92 Å². The second kappa shape index (κ2) is 8.21. The second-order valence-corrected chi connectivity index (χ2v) is 7.86. The van der Waals surface area contributed by atoms with Crippen LogP contribution in [0.4, 0.5) is 11.6 Å². The Kier molecular flexibility index (Phi) is 5.73. The van der Waals surface area contributed by atoms with E-state index >= 15 is 0 Å². The largest absolute Gasteiger partial charge is 0.348 e. The van der Waals surface area contributed by atoms with Crippen LogP contribution in [0.5, 0.6) is 0 Å². The average Bonchev–Trinajstić information content (AvgIpc) is 2.67. The molecule has 2 N–H and O–H groups in total. The highest BCUT2D eigenvalue weighted by molar-refractivity contribution is 5.93. The SMILES string of the molecule is Cc1ccccc1CNC(=O)c1cnc(Nc2ccc(C(C)(C)C)cc2)nc1. The van der Waals surface area contributed by atoms with Gasteiger partial charge in [0.05, 0.1) is 5.56 Å². The maximum Gasteiger partial charge on any atom is 0.254 e. The van der Waals surface area contributed by atoms with Crippen LogP contribution in [0.3, 0.4) is 0 Å². The predicted molar refractivity (Wildman–Crippen MR) is 113 cm³/mol. The lowest BCUT2D eigenvalue weighted by Crippen LogP contribution is -2.23. The third kappa shape index (κ3) is 4.94. The molecule has 3 aromatic rings. The molecule has 5 heteroatoms. The van der Waals surface area contributed by atoms with Crippen LogP contribution < -0.4 is 10.6 Å². The molecule has 5 nitrogen and oxygen atoms in total. The van der Waals surface area contributed by atoms with Gasteiger partial charge < -0.3 is 10.6 Å². The van der Waals surface area contributed by atoms with Gasteiger partial charge in [0, 0.05) is 24.6 Å². The minimum absolute atomic E-state index is 0.113. The number of benzene rings is 2. The van der Waals surface area contributed by atoms with E-state index in [0.29, 0.717) is 18.1 Å². The number of nitrogens with zero attached hydrogens (tertiary/aromatic N) is 2. The molecule has 0 saturated heterocycles. The van der Waals surface area contributed by atoms with Crippen LogP contribution in [0.1, 0.15) is 47.8 Å². The highest BCUT2D eigenvalue weighted by Gasteiger charge is 2.13. The molecular weight excluding hydrogens is 348 g/mol. The number of anilines is 2. The van der Waals surface area contributed by atoms with E-state index in [9.17, 15) is 4.79 Å². The van der Waals surface area contributed by atoms with Crippen LogP contribution in [0.15, 0.2) is 60.9 Å².